The van der Waals surface area contributed by atoms with E-state index in [1.165, 1.54) is 5.69 Å². The van der Waals surface area contributed by atoms with Crippen LogP contribution in [0, 0.1) is 5.41 Å². The van der Waals surface area contributed by atoms with Crippen molar-refractivity contribution in [2.75, 3.05) is 31.2 Å². The molecule has 110 valence electrons. The second-order valence-electron chi connectivity index (χ2n) is 6.20. The van der Waals surface area contributed by atoms with Crippen LogP contribution < -0.4 is 10.2 Å². The standard InChI is InChI=1S/C16H24N2O2/c1-16(2,3)15(19)17-12-13-4-6-14(7-5-13)18-8-10-20-11-9-18/h4-7H,8-12H2,1-3H3,(H,17,19). The van der Waals surface area contributed by atoms with E-state index < -0.39 is 0 Å². The highest BCUT2D eigenvalue weighted by Gasteiger charge is 2.20. The number of morpholine rings is 1. The predicted octanol–water partition coefficient (Wildman–Crippen LogP) is 2.19. The van der Waals surface area contributed by atoms with Crippen LogP contribution in [0.2, 0.25) is 0 Å². The van der Waals surface area contributed by atoms with E-state index in [2.05, 4.69) is 34.5 Å². The van der Waals surface area contributed by atoms with E-state index in [1.807, 2.05) is 20.8 Å². The smallest absolute Gasteiger partial charge is 0.225 e. The Labute approximate surface area is 121 Å². The van der Waals surface area contributed by atoms with Crippen molar-refractivity contribution >= 4 is 11.6 Å². The lowest BCUT2D eigenvalue weighted by atomic mass is 9.95. The first kappa shape index (κ1) is 14.9. The Bertz CT molecular complexity index is 443. The molecule has 20 heavy (non-hydrogen) atoms. The van der Waals surface area contributed by atoms with Crippen LogP contribution in [0.4, 0.5) is 5.69 Å². The fourth-order valence-corrected chi connectivity index (χ4v) is 2.09. The summed E-state index contributed by atoms with van der Waals surface area (Å²) in [6, 6.07) is 8.38. The topological polar surface area (TPSA) is 41.6 Å². The van der Waals surface area contributed by atoms with Crippen LogP contribution in [0.5, 0.6) is 0 Å². The maximum atomic E-state index is 11.8. The van der Waals surface area contributed by atoms with Crippen LogP contribution in [0.1, 0.15) is 26.3 Å². The van der Waals surface area contributed by atoms with Gasteiger partial charge in [0.1, 0.15) is 0 Å². The largest absolute Gasteiger partial charge is 0.378 e. The van der Waals surface area contributed by atoms with E-state index in [0.717, 1.165) is 31.9 Å². The van der Waals surface area contributed by atoms with Crippen molar-refractivity contribution in [1.29, 1.82) is 0 Å². The Balaban J connectivity index is 1.90. The predicted molar refractivity (Wildman–Crippen MR) is 80.8 cm³/mol. The van der Waals surface area contributed by atoms with Gasteiger partial charge in [0.2, 0.25) is 5.91 Å². The summed E-state index contributed by atoms with van der Waals surface area (Å²) < 4.78 is 5.35. The molecule has 1 aromatic rings. The van der Waals surface area contributed by atoms with Crippen molar-refractivity contribution in [3.63, 3.8) is 0 Å². The first-order valence-electron chi connectivity index (χ1n) is 7.17. The number of benzene rings is 1. The summed E-state index contributed by atoms with van der Waals surface area (Å²) in [5.41, 5.74) is 2.01. The summed E-state index contributed by atoms with van der Waals surface area (Å²) in [5.74, 6) is 0.0785. The Morgan fingerprint density at radius 1 is 1.20 bits per heavy atom. The van der Waals surface area contributed by atoms with Gasteiger partial charge in [-0.2, -0.15) is 0 Å². The monoisotopic (exact) mass is 276 g/mol. The fourth-order valence-electron chi connectivity index (χ4n) is 2.09. The van der Waals surface area contributed by atoms with E-state index >= 15 is 0 Å². The second-order valence-corrected chi connectivity index (χ2v) is 6.20. The average molecular weight is 276 g/mol. The molecule has 1 aliphatic rings. The van der Waals surface area contributed by atoms with Gasteiger partial charge in [-0.15, -0.1) is 0 Å². The van der Waals surface area contributed by atoms with E-state index in [-0.39, 0.29) is 11.3 Å². The minimum atomic E-state index is -0.340. The molecule has 1 heterocycles. The molecule has 0 atom stereocenters. The highest BCUT2D eigenvalue weighted by atomic mass is 16.5. The molecule has 0 aromatic heterocycles. The van der Waals surface area contributed by atoms with Crippen molar-refractivity contribution in [2.45, 2.75) is 27.3 Å². The first-order valence-corrected chi connectivity index (χ1v) is 7.17. The van der Waals surface area contributed by atoms with Gasteiger partial charge in [0.05, 0.1) is 13.2 Å². The molecule has 2 rings (SSSR count). The molecule has 0 bridgehead atoms. The summed E-state index contributed by atoms with van der Waals surface area (Å²) in [4.78, 5) is 14.1. The number of rotatable bonds is 3. The zero-order chi connectivity index (χ0) is 14.6. The van der Waals surface area contributed by atoms with Crippen LogP contribution in [0.25, 0.3) is 0 Å². The number of hydrogen-bond donors (Lipinski definition) is 1. The Morgan fingerprint density at radius 2 is 1.80 bits per heavy atom. The van der Waals surface area contributed by atoms with E-state index in [1.54, 1.807) is 0 Å². The minimum absolute atomic E-state index is 0.0785. The molecule has 0 aliphatic carbocycles. The third-order valence-electron chi connectivity index (χ3n) is 3.45. The molecule has 4 heteroatoms. The lowest BCUT2D eigenvalue weighted by molar-refractivity contribution is -0.128. The summed E-state index contributed by atoms with van der Waals surface area (Å²) in [7, 11) is 0. The van der Waals surface area contributed by atoms with Crippen LogP contribution in [0.3, 0.4) is 0 Å². The van der Waals surface area contributed by atoms with Crippen LogP contribution in [0.15, 0.2) is 24.3 Å². The molecule has 0 saturated carbocycles. The van der Waals surface area contributed by atoms with Crippen molar-refractivity contribution in [1.82, 2.24) is 5.32 Å². The molecule has 0 unspecified atom stereocenters. The van der Waals surface area contributed by atoms with Gasteiger partial charge in [-0.05, 0) is 17.7 Å². The van der Waals surface area contributed by atoms with Crippen molar-refractivity contribution in [2.24, 2.45) is 5.41 Å². The van der Waals surface area contributed by atoms with Crippen molar-refractivity contribution in [3.05, 3.63) is 29.8 Å². The number of carbonyl (C=O) groups excluding carboxylic acids is 1. The zero-order valence-corrected chi connectivity index (χ0v) is 12.6. The minimum Gasteiger partial charge on any atom is -0.378 e. The lowest BCUT2D eigenvalue weighted by Gasteiger charge is -2.29. The molecule has 1 amide bonds. The van der Waals surface area contributed by atoms with Gasteiger partial charge in [-0.3, -0.25) is 4.79 Å². The summed E-state index contributed by atoms with van der Waals surface area (Å²) in [6.45, 7) is 9.82. The van der Waals surface area contributed by atoms with Gasteiger partial charge in [-0.1, -0.05) is 32.9 Å². The van der Waals surface area contributed by atoms with Crippen molar-refractivity contribution in [3.8, 4) is 0 Å². The molecule has 1 aliphatic heterocycles. The SMILES string of the molecule is CC(C)(C)C(=O)NCc1ccc(N2CCOCC2)cc1. The number of nitrogens with zero attached hydrogens (tertiary/aromatic N) is 1. The van der Waals surface area contributed by atoms with Gasteiger partial charge in [0, 0.05) is 30.7 Å². The molecule has 0 radical (unpaired) electrons. The maximum Gasteiger partial charge on any atom is 0.225 e. The lowest BCUT2D eigenvalue weighted by Crippen LogP contribution is -2.36. The number of amides is 1. The van der Waals surface area contributed by atoms with Crippen LogP contribution in [-0.2, 0) is 16.1 Å². The normalized spacial score (nSPS) is 16.1. The maximum absolute atomic E-state index is 11.8. The molecule has 1 aromatic carbocycles. The summed E-state index contributed by atoms with van der Waals surface area (Å²) in [6.07, 6.45) is 0. The van der Waals surface area contributed by atoms with Crippen LogP contribution >= 0.6 is 0 Å². The number of nitrogens with one attached hydrogen (secondary N) is 1. The number of ether oxygens (including phenoxy) is 1. The van der Waals surface area contributed by atoms with Crippen LogP contribution in [-0.4, -0.2) is 32.2 Å². The van der Waals surface area contributed by atoms with Crippen molar-refractivity contribution < 1.29 is 9.53 Å². The van der Waals surface area contributed by atoms with E-state index in [9.17, 15) is 4.79 Å². The fraction of sp³-hybridized carbons (Fsp3) is 0.562. The number of carbonyl (C=O) groups is 1. The summed E-state index contributed by atoms with van der Waals surface area (Å²) >= 11 is 0. The molecular weight excluding hydrogens is 252 g/mol. The molecule has 1 N–H and O–H groups in total. The Hall–Kier alpha value is -1.55. The molecule has 1 saturated heterocycles. The average Bonchev–Trinajstić information content (AvgIpc) is 2.45. The quantitative estimate of drug-likeness (QED) is 0.920. The van der Waals surface area contributed by atoms with Gasteiger partial charge in [0.15, 0.2) is 0 Å². The van der Waals surface area contributed by atoms with Gasteiger partial charge >= 0.3 is 0 Å². The Morgan fingerprint density at radius 3 is 2.35 bits per heavy atom. The van der Waals surface area contributed by atoms with Gasteiger partial charge in [0.25, 0.3) is 0 Å². The third-order valence-corrected chi connectivity index (χ3v) is 3.45. The molecule has 0 spiro atoms. The molecular formula is C16H24N2O2. The summed E-state index contributed by atoms with van der Waals surface area (Å²) in [5, 5.41) is 2.97. The zero-order valence-electron chi connectivity index (χ0n) is 12.6. The third kappa shape index (κ3) is 3.97. The number of hydrogen-bond acceptors (Lipinski definition) is 3. The highest BCUT2D eigenvalue weighted by molar-refractivity contribution is 5.81. The van der Waals surface area contributed by atoms with E-state index in [4.69, 9.17) is 4.74 Å². The van der Waals surface area contributed by atoms with Gasteiger partial charge in [-0.25, -0.2) is 0 Å². The molecule has 4 nitrogen and oxygen atoms in total. The molecule has 1 fully saturated rings. The highest BCUT2D eigenvalue weighted by Crippen LogP contribution is 2.17. The van der Waals surface area contributed by atoms with Gasteiger partial charge < -0.3 is 15.0 Å². The Kier molecular flexibility index (Phi) is 4.65. The second kappa shape index (κ2) is 6.27. The first-order chi connectivity index (χ1) is 9.47. The van der Waals surface area contributed by atoms with E-state index in [0.29, 0.717) is 6.54 Å². The number of anilines is 1.